The molecule has 1 amide bonds. The summed E-state index contributed by atoms with van der Waals surface area (Å²) in [7, 11) is 0. The Kier molecular flexibility index (Phi) is 2.44. The summed E-state index contributed by atoms with van der Waals surface area (Å²) in [5, 5.41) is 0. The quantitative estimate of drug-likeness (QED) is 0.565. The van der Waals surface area contributed by atoms with Crippen molar-refractivity contribution in [3.63, 3.8) is 0 Å². The summed E-state index contributed by atoms with van der Waals surface area (Å²) in [6, 6.07) is 0. The molecule has 1 heterocycles. The van der Waals surface area contributed by atoms with Crippen LogP contribution in [-0.4, -0.2) is 22.9 Å². The van der Waals surface area contributed by atoms with E-state index in [1.807, 2.05) is 4.90 Å². The Morgan fingerprint density at radius 3 is 2.15 bits per heavy atom. The van der Waals surface area contributed by atoms with Crippen molar-refractivity contribution in [3.05, 3.63) is 0 Å². The van der Waals surface area contributed by atoms with Crippen LogP contribution in [0.15, 0.2) is 0 Å². The second-order valence-electron chi connectivity index (χ2n) is 5.22. The molecule has 0 unspecified atom stereocenters. The number of carbonyl (C=O) groups excluding carboxylic acids is 1. The van der Waals surface area contributed by atoms with Crippen molar-refractivity contribution >= 4 is 5.91 Å². The summed E-state index contributed by atoms with van der Waals surface area (Å²) in [5.74, 6) is 0.206. The molecule has 1 fully saturated rings. The van der Waals surface area contributed by atoms with E-state index in [2.05, 4.69) is 27.7 Å². The molecule has 0 N–H and O–H groups in total. The molecule has 76 valence electrons. The number of amides is 1. The Bertz CT molecular complexity index is 218. The van der Waals surface area contributed by atoms with Crippen molar-refractivity contribution in [1.82, 2.24) is 4.90 Å². The fraction of sp³-hybridized carbons (Fsp3) is 0.909. The van der Waals surface area contributed by atoms with Crippen molar-refractivity contribution in [2.75, 3.05) is 6.54 Å². The van der Waals surface area contributed by atoms with E-state index < -0.39 is 0 Å². The zero-order valence-electron chi connectivity index (χ0n) is 9.48. The molecular formula is C11H21NO. The van der Waals surface area contributed by atoms with Gasteiger partial charge in [0.25, 0.3) is 0 Å². The van der Waals surface area contributed by atoms with Crippen LogP contribution in [0.3, 0.4) is 0 Å². The van der Waals surface area contributed by atoms with Gasteiger partial charge in [-0.3, -0.25) is 4.79 Å². The van der Waals surface area contributed by atoms with Gasteiger partial charge in [0.05, 0.1) is 0 Å². The Balaban J connectivity index is 2.94. The highest BCUT2D eigenvalue weighted by Gasteiger charge is 2.45. The lowest BCUT2D eigenvalue weighted by atomic mass is 9.68. The number of hydrogen-bond donors (Lipinski definition) is 0. The summed E-state index contributed by atoms with van der Waals surface area (Å²) in [6.45, 7) is 11.4. The average Bonchev–Trinajstić information content (AvgIpc) is 1.94. The van der Waals surface area contributed by atoms with Crippen molar-refractivity contribution in [2.45, 2.75) is 53.0 Å². The predicted octanol–water partition coefficient (Wildman–Crippen LogP) is 2.43. The maximum Gasteiger partial charge on any atom is 0.219 e. The molecule has 13 heavy (non-hydrogen) atoms. The van der Waals surface area contributed by atoms with Gasteiger partial charge in [0, 0.05) is 19.0 Å². The summed E-state index contributed by atoms with van der Waals surface area (Å²) in [6.07, 6.45) is 2.35. The maximum absolute atomic E-state index is 11.4. The maximum atomic E-state index is 11.4. The van der Waals surface area contributed by atoms with Crippen LogP contribution in [0.1, 0.15) is 47.5 Å². The third-order valence-corrected chi connectivity index (χ3v) is 3.89. The third kappa shape index (κ3) is 1.59. The van der Waals surface area contributed by atoms with E-state index in [0.29, 0.717) is 0 Å². The molecule has 0 aromatic rings. The molecule has 1 aliphatic heterocycles. The number of nitrogens with zero attached hydrogens (tertiary/aromatic N) is 1. The lowest BCUT2D eigenvalue weighted by molar-refractivity contribution is -0.143. The summed E-state index contributed by atoms with van der Waals surface area (Å²) in [5.41, 5.74) is 0.230. The van der Waals surface area contributed by atoms with E-state index >= 15 is 0 Å². The monoisotopic (exact) mass is 183 g/mol. The van der Waals surface area contributed by atoms with Gasteiger partial charge < -0.3 is 4.90 Å². The smallest absolute Gasteiger partial charge is 0.219 e. The molecule has 0 aromatic carbocycles. The molecular weight excluding hydrogens is 162 g/mol. The van der Waals surface area contributed by atoms with Gasteiger partial charge in [0.1, 0.15) is 0 Å². The zero-order chi connectivity index (χ0) is 10.3. The van der Waals surface area contributed by atoms with Crippen LogP contribution < -0.4 is 0 Å². The molecule has 0 spiro atoms. The lowest BCUT2D eigenvalue weighted by Crippen LogP contribution is -2.59. The van der Waals surface area contributed by atoms with Gasteiger partial charge in [0.15, 0.2) is 0 Å². The molecule has 0 aliphatic carbocycles. The Morgan fingerprint density at radius 2 is 1.77 bits per heavy atom. The highest BCUT2D eigenvalue weighted by atomic mass is 16.2. The highest BCUT2D eigenvalue weighted by molar-refractivity contribution is 5.74. The second kappa shape index (κ2) is 3.00. The van der Waals surface area contributed by atoms with Crippen LogP contribution in [0.4, 0.5) is 0 Å². The van der Waals surface area contributed by atoms with Crippen LogP contribution in [0, 0.1) is 5.41 Å². The Hall–Kier alpha value is -0.530. The first-order valence-electron chi connectivity index (χ1n) is 5.07. The van der Waals surface area contributed by atoms with Gasteiger partial charge in [-0.15, -0.1) is 0 Å². The van der Waals surface area contributed by atoms with Gasteiger partial charge in [-0.1, -0.05) is 13.8 Å². The molecule has 1 aliphatic rings. The van der Waals surface area contributed by atoms with Crippen molar-refractivity contribution < 1.29 is 4.79 Å². The summed E-state index contributed by atoms with van der Waals surface area (Å²) >= 11 is 0. The van der Waals surface area contributed by atoms with Crippen molar-refractivity contribution in [1.29, 1.82) is 0 Å². The fourth-order valence-corrected chi connectivity index (χ4v) is 2.18. The molecule has 0 saturated carbocycles. The van der Waals surface area contributed by atoms with Crippen molar-refractivity contribution in [2.24, 2.45) is 5.41 Å². The third-order valence-electron chi connectivity index (χ3n) is 3.89. The molecule has 2 nitrogen and oxygen atoms in total. The zero-order valence-corrected chi connectivity index (χ0v) is 9.48. The minimum Gasteiger partial charge on any atom is -0.337 e. The molecule has 0 bridgehead atoms. The average molecular weight is 183 g/mol. The van der Waals surface area contributed by atoms with Gasteiger partial charge in [-0.25, -0.2) is 0 Å². The van der Waals surface area contributed by atoms with Gasteiger partial charge in [-0.05, 0) is 32.1 Å². The summed E-state index contributed by atoms with van der Waals surface area (Å²) < 4.78 is 0. The van der Waals surface area contributed by atoms with E-state index in [-0.39, 0.29) is 16.9 Å². The molecule has 1 saturated heterocycles. The van der Waals surface area contributed by atoms with E-state index in [1.54, 1.807) is 6.92 Å². The van der Waals surface area contributed by atoms with Crippen LogP contribution in [0.5, 0.6) is 0 Å². The van der Waals surface area contributed by atoms with Crippen LogP contribution in [0.2, 0.25) is 0 Å². The first kappa shape index (κ1) is 10.6. The van der Waals surface area contributed by atoms with E-state index in [4.69, 9.17) is 0 Å². The Labute approximate surface area is 81.3 Å². The van der Waals surface area contributed by atoms with E-state index in [1.165, 1.54) is 6.42 Å². The van der Waals surface area contributed by atoms with Crippen LogP contribution >= 0.6 is 0 Å². The minimum atomic E-state index is -0.00289. The fourth-order valence-electron chi connectivity index (χ4n) is 2.18. The van der Waals surface area contributed by atoms with Crippen LogP contribution in [0.25, 0.3) is 0 Å². The minimum absolute atomic E-state index is 0.00289. The largest absolute Gasteiger partial charge is 0.337 e. The van der Waals surface area contributed by atoms with E-state index in [9.17, 15) is 4.79 Å². The highest BCUT2D eigenvalue weighted by Crippen LogP contribution is 2.43. The van der Waals surface area contributed by atoms with E-state index in [0.717, 1.165) is 13.0 Å². The van der Waals surface area contributed by atoms with Crippen LogP contribution in [-0.2, 0) is 4.79 Å². The number of likely N-dealkylation sites (tertiary alicyclic amines) is 1. The molecule has 2 heteroatoms. The number of hydrogen-bond acceptors (Lipinski definition) is 1. The molecule has 0 atom stereocenters. The van der Waals surface area contributed by atoms with Gasteiger partial charge in [-0.2, -0.15) is 0 Å². The van der Waals surface area contributed by atoms with Gasteiger partial charge >= 0.3 is 0 Å². The summed E-state index contributed by atoms with van der Waals surface area (Å²) in [4.78, 5) is 13.4. The normalized spacial score (nSPS) is 25.8. The number of rotatable bonds is 0. The number of piperidine rings is 1. The first-order valence-corrected chi connectivity index (χ1v) is 5.07. The first-order chi connectivity index (χ1) is 5.79. The lowest BCUT2D eigenvalue weighted by Gasteiger charge is -2.53. The Morgan fingerprint density at radius 1 is 1.23 bits per heavy atom. The molecule has 0 radical (unpaired) electrons. The standard InChI is InChI=1S/C11H21NO/c1-9(13)12-8-6-7-10(2,3)11(12,4)5/h6-8H2,1-5H3. The predicted molar refractivity (Wildman–Crippen MR) is 54.5 cm³/mol. The second-order valence-corrected chi connectivity index (χ2v) is 5.22. The van der Waals surface area contributed by atoms with Crippen molar-refractivity contribution in [3.8, 4) is 0 Å². The molecule has 1 rings (SSSR count). The number of carbonyl (C=O) groups is 1. The SMILES string of the molecule is CC(=O)N1CCCC(C)(C)C1(C)C. The topological polar surface area (TPSA) is 20.3 Å². The molecule has 0 aromatic heterocycles. The van der Waals surface area contributed by atoms with Gasteiger partial charge in [0.2, 0.25) is 5.91 Å².